The van der Waals surface area contributed by atoms with Crippen molar-refractivity contribution in [3.8, 4) is 17.0 Å². The van der Waals surface area contributed by atoms with Crippen LogP contribution in [-0.4, -0.2) is 12.1 Å². The summed E-state index contributed by atoms with van der Waals surface area (Å²) >= 11 is 0. The molecule has 1 unspecified atom stereocenters. The number of aromatic nitrogens is 1. The molecule has 3 heteroatoms. The first-order valence-corrected chi connectivity index (χ1v) is 6.18. The molecule has 0 saturated heterocycles. The molecule has 3 rings (SSSR count). The van der Waals surface area contributed by atoms with E-state index in [1.807, 2.05) is 30.3 Å². The molecule has 0 aliphatic heterocycles. The number of methoxy groups -OCH3 is 1. The summed E-state index contributed by atoms with van der Waals surface area (Å²) in [7, 11) is 1.67. The first-order valence-electron chi connectivity index (χ1n) is 6.18. The number of hydrogen-bond acceptors (Lipinski definition) is 3. The molecule has 1 aromatic heterocycles. The van der Waals surface area contributed by atoms with Gasteiger partial charge in [-0.3, -0.25) is 4.98 Å². The van der Waals surface area contributed by atoms with E-state index in [1.165, 1.54) is 5.56 Å². The van der Waals surface area contributed by atoms with Gasteiger partial charge in [-0.25, -0.2) is 0 Å². The van der Waals surface area contributed by atoms with Crippen molar-refractivity contribution in [2.75, 3.05) is 7.11 Å². The van der Waals surface area contributed by atoms with Crippen molar-refractivity contribution in [2.45, 2.75) is 18.9 Å². The second-order valence-corrected chi connectivity index (χ2v) is 4.61. The first-order chi connectivity index (χ1) is 8.78. The van der Waals surface area contributed by atoms with Crippen molar-refractivity contribution < 1.29 is 4.74 Å². The maximum absolute atomic E-state index is 6.02. The highest BCUT2D eigenvalue weighted by Gasteiger charge is 2.20. The van der Waals surface area contributed by atoms with Crippen molar-refractivity contribution in [3.63, 3.8) is 0 Å². The molecule has 1 aliphatic rings. The number of hydrogen-bond donors (Lipinski definition) is 1. The fraction of sp³-hybridized carbons (Fsp3) is 0.267. The van der Waals surface area contributed by atoms with E-state index in [-0.39, 0.29) is 6.04 Å². The van der Waals surface area contributed by atoms with Crippen molar-refractivity contribution in [2.24, 2.45) is 5.73 Å². The van der Waals surface area contributed by atoms with Gasteiger partial charge in [0.2, 0.25) is 0 Å². The van der Waals surface area contributed by atoms with E-state index in [9.17, 15) is 0 Å². The van der Waals surface area contributed by atoms with Gasteiger partial charge in [0, 0.05) is 17.3 Å². The third-order valence-corrected chi connectivity index (χ3v) is 3.47. The lowest BCUT2D eigenvalue weighted by molar-refractivity contribution is 0.415. The van der Waals surface area contributed by atoms with Crippen molar-refractivity contribution in [3.05, 3.63) is 47.7 Å². The predicted molar refractivity (Wildman–Crippen MR) is 71.5 cm³/mol. The Morgan fingerprint density at radius 1 is 1.28 bits per heavy atom. The van der Waals surface area contributed by atoms with Gasteiger partial charge in [0.15, 0.2) is 0 Å². The number of nitrogens with two attached hydrogens (primary N) is 1. The van der Waals surface area contributed by atoms with Gasteiger partial charge in [-0.05, 0) is 36.6 Å². The summed E-state index contributed by atoms with van der Waals surface area (Å²) in [6, 6.07) is 12.3. The Morgan fingerprint density at radius 3 is 3.00 bits per heavy atom. The lowest BCUT2D eigenvalue weighted by atomic mass is 10.1. The van der Waals surface area contributed by atoms with Gasteiger partial charge < -0.3 is 10.5 Å². The maximum atomic E-state index is 6.02. The third-order valence-electron chi connectivity index (χ3n) is 3.47. The zero-order chi connectivity index (χ0) is 12.5. The van der Waals surface area contributed by atoms with Gasteiger partial charge in [0.1, 0.15) is 5.75 Å². The van der Waals surface area contributed by atoms with E-state index < -0.39 is 0 Å². The molecule has 0 spiro atoms. The SMILES string of the molecule is COc1cccc(-c2ccc3c(n2)CCC3N)c1. The minimum Gasteiger partial charge on any atom is -0.497 e. The van der Waals surface area contributed by atoms with E-state index in [0.29, 0.717) is 0 Å². The van der Waals surface area contributed by atoms with Crippen LogP contribution in [0.15, 0.2) is 36.4 Å². The van der Waals surface area contributed by atoms with Gasteiger partial charge in [-0.1, -0.05) is 18.2 Å². The number of fused-ring (bicyclic) bond motifs is 1. The molecule has 0 bridgehead atoms. The summed E-state index contributed by atoms with van der Waals surface area (Å²) in [5.41, 5.74) is 10.4. The standard InChI is InChI=1S/C15H16N2O/c1-18-11-4-2-3-10(9-11)14-7-5-12-13(16)6-8-15(12)17-14/h2-5,7,9,13H,6,8,16H2,1H3. The van der Waals surface area contributed by atoms with Crippen LogP contribution < -0.4 is 10.5 Å². The van der Waals surface area contributed by atoms with E-state index >= 15 is 0 Å². The van der Waals surface area contributed by atoms with Gasteiger partial charge in [0.25, 0.3) is 0 Å². The molecule has 0 saturated carbocycles. The molecular formula is C15H16N2O. The van der Waals surface area contributed by atoms with Crippen LogP contribution in [0.3, 0.4) is 0 Å². The average molecular weight is 240 g/mol. The molecule has 0 radical (unpaired) electrons. The molecule has 0 amide bonds. The summed E-state index contributed by atoms with van der Waals surface area (Å²) in [5, 5.41) is 0. The van der Waals surface area contributed by atoms with Crippen LogP contribution >= 0.6 is 0 Å². The number of pyridine rings is 1. The molecule has 2 aromatic rings. The minimum absolute atomic E-state index is 0.159. The van der Waals surface area contributed by atoms with Crippen LogP contribution in [-0.2, 0) is 6.42 Å². The second-order valence-electron chi connectivity index (χ2n) is 4.61. The Hall–Kier alpha value is -1.87. The monoisotopic (exact) mass is 240 g/mol. The lowest BCUT2D eigenvalue weighted by Gasteiger charge is -2.07. The predicted octanol–water partition coefficient (Wildman–Crippen LogP) is 2.70. The zero-order valence-electron chi connectivity index (χ0n) is 10.4. The fourth-order valence-corrected chi connectivity index (χ4v) is 2.44. The van der Waals surface area contributed by atoms with Crippen LogP contribution in [0.5, 0.6) is 5.75 Å². The largest absolute Gasteiger partial charge is 0.497 e. The highest BCUT2D eigenvalue weighted by molar-refractivity contribution is 5.62. The number of ether oxygens (including phenoxy) is 1. The molecular weight excluding hydrogens is 224 g/mol. The molecule has 18 heavy (non-hydrogen) atoms. The number of aryl methyl sites for hydroxylation is 1. The van der Waals surface area contributed by atoms with Crippen LogP contribution in [0.1, 0.15) is 23.7 Å². The van der Waals surface area contributed by atoms with Crippen molar-refractivity contribution in [1.29, 1.82) is 0 Å². The maximum Gasteiger partial charge on any atom is 0.119 e. The van der Waals surface area contributed by atoms with Crippen LogP contribution in [0, 0.1) is 0 Å². The molecule has 3 nitrogen and oxygen atoms in total. The normalized spacial score (nSPS) is 17.6. The Labute approximate surface area is 107 Å². The number of benzene rings is 1. The van der Waals surface area contributed by atoms with Crippen molar-refractivity contribution in [1.82, 2.24) is 4.98 Å². The highest BCUT2D eigenvalue weighted by atomic mass is 16.5. The quantitative estimate of drug-likeness (QED) is 0.878. The smallest absolute Gasteiger partial charge is 0.119 e. The Balaban J connectivity index is 2.02. The highest BCUT2D eigenvalue weighted by Crippen LogP contribution is 2.30. The minimum atomic E-state index is 0.159. The molecule has 1 aliphatic carbocycles. The van der Waals surface area contributed by atoms with Gasteiger partial charge in [-0.2, -0.15) is 0 Å². The first kappa shape index (κ1) is 11.2. The topological polar surface area (TPSA) is 48.1 Å². The van der Waals surface area contributed by atoms with Gasteiger partial charge >= 0.3 is 0 Å². The lowest BCUT2D eigenvalue weighted by Crippen LogP contribution is -2.05. The van der Waals surface area contributed by atoms with Gasteiger partial charge in [-0.15, -0.1) is 0 Å². The Bertz CT molecular complexity index is 580. The number of nitrogens with zero attached hydrogens (tertiary/aromatic N) is 1. The summed E-state index contributed by atoms with van der Waals surface area (Å²) in [5.74, 6) is 0.853. The molecule has 0 fully saturated rings. The Morgan fingerprint density at radius 2 is 2.17 bits per heavy atom. The Kier molecular flexibility index (Phi) is 2.76. The summed E-state index contributed by atoms with van der Waals surface area (Å²) in [4.78, 5) is 4.71. The zero-order valence-corrected chi connectivity index (χ0v) is 10.4. The molecule has 92 valence electrons. The second kappa shape index (κ2) is 4.42. The van der Waals surface area contributed by atoms with E-state index in [1.54, 1.807) is 7.11 Å². The summed E-state index contributed by atoms with van der Waals surface area (Å²) in [6.07, 6.45) is 1.98. The molecule has 1 heterocycles. The van der Waals surface area contributed by atoms with E-state index in [2.05, 4.69) is 6.07 Å². The fourth-order valence-electron chi connectivity index (χ4n) is 2.44. The summed E-state index contributed by atoms with van der Waals surface area (Å²) < 4.78 is 5.24. The average Bonchev–Trinajstić information content (AvgIpc) is 2.80. The molecule has 2 N–H and O–H groups in total. The third kappa shape index (κ3) is 1.87. The van der Waals surface area contributed by atoms with Gasteiger partial charge in [0.05, 0.1) is 12.8 Å². The molecule has 1 atom stereocenters. The van der Waals surface area contributed by atoms with Crippen LogP contribution in [0.25, 0.3) is 11.3 Å². The summed E-state index contributed by atoms with van der Waals surface area (Å²) in [6.45, 7) is 0. The number of rotatable bonds is 2. The van der Waals surface area contributed by atoms with Crippen molar-refractivity contribution >= 4 is 0 Å². The van der Waals surface area contributed by atoms with E-state index in [4.69, 9.17) is 15.5 Å². The van der Waals surface area contributed by atoms with E-state index in [0.717, 1.165) is 35.5 Å². The van der Waals surface area contributed by atoms with Crippen LogP contribution in [0.4, 0.5) is 0 Å². The van der Waals surface area contributed by atoms with Crippen LogP contribution in [0.2, 0.25) is 0 Å². The molecule has 1 aromatic carbocycles.